The van der Waals surface area contributed by atoms with Gasteiger partial charge in [0.1, 0.15) is 17.1 Å². The van der Waals surface area contributed by atoms with Gasteiger partial charge in [-0.2, -0.15) is 0 Å². The zero-order valence-electron chi connectivity index (χ0n) is 13.6. The number of phenolic OH excluding ortho intramolecular Hbond substituents is 1. The van der Waals surface area contributed by atoms with Gasteiger partial charge in [0.05, 0.1) is 0 Å². The Hall–Kier alpha value is -3.22. The minimum absolute atomic E-state index is 0.0603. The van der Waals surface area contributed by atoms with Crippen molar-refractivity contribution in [1.29, 1.82) is 0 Å². The first-order valence-electron chi connectivity index (χ1n) is 7.54. The fourth-order valence-electron chi connectivity index (χ4n) is 2.20. The first-order chi connectivity index (χ1) is 11.9. The Morgan fingerprint density at radius 2 is 1.92 bits per heavy atom. The summed E-state index contributed by atoms with van der Waals surface area (Å²) in [7, 11) is 0. The molecule has 6 nitrogen and oxygen atoms in total. The molecule has 2 aromatic carbocycles. The van der Waals surface area contributed by atoms with E-state index in [0.29, 0.717) is 5.56 Å². The van der Waals surface area contributed by atoms with Crippen molar-refractivity contribution in [2.24, 2.45) is 0 Å². The van der Waals surface area contributed by atoms with Crippen LogP contribution in [0.2, 0.25) is 0 Å². The Balaban J connectivity index is 1.75. The number of benzene rings is 2. The van der Waals surface area contributed by atoms with E-state index in [0.717, 1.165) is 5.56 Å². The van der Waals surface area contributed by atoms with Gasteiger partial charge in [-0.3, -0.25) is 0 Å². The van der Waals surface area contributed by atoms with Crippen LogP contribution in [-0.2, 0) is 4.74 Å². The van der Waals surface area contributed by atoms with Crippen molar-refractivity contribution in [2.75, 3.05) is 0 Å². The summed E-state index contributed by atoms with van der Waals surface area (Å²) < 4.78 is 23.7. The molecule has 1 atom stereocenters. The SMILES string of the molecule is Cc1ccc(O)c(C(=O)O[C@H](C)c2nnc(-c3ccc(F)cc3)o2)c1. The lowest BCUT2D eigenvalue weighted by Gasteiger charge is -2.10. The summed E-state index contributed by atoms with van der Waals surface area (Å²) in [6, 6.07) is 10.2. The maximum absolute atomic E-state index is 13.0. The Bertz CT molecular complexity index is 906. The Labute approximate surface area is 142 Å². The summed E-state index contributed by atoms with van der Waals surface area (Å²) in [6.07, 6.45) is -0.811. The van der Waals surface area contributed by atoms with Crippen LogP contribution in [0.3, 0.4) is 0 Å². The number of phenols is 1. The van der Waals surface area contributed by atoms with Crippen LogP contribution in [-0.4, -0.2) is 21.3 Å². The van der Waals surface area contributed by atoms with Gasteiger partial charge in [-0.05, 0) is 50.2 Å². The normalized spacial score (nSPS) is 12.0. The molecule has 0 spiro atoms. The average molecular weight is 342 g/mol. The summed E-state index contributed by atoms with van der Waals surface area (Å²) in [5.74, 6) is -0.949. The molecule has 0 aliphatic carbocycles. The number of carbonyl (C=O) groups excluding carboxylic acids is 1. The van der Waals surface area contributed by atoms with Crippen molar-refractivity contribution < 1.29 is 23.4 Å². The van der Waals surface area contributed by atoms with E-state index in [1.807, 2.05) is 0 Å². The molecule has 3 aromatic rings. The summed E-state index contributed by atoms with van der Waals surface area (Å²) in [4.78, 5) is 12.2. The molecular formula is C18H15FN2O4. The number of aromatic nitrogens is 2. The van der Waals surface area contributed by atoms with Gasteiger partial charge >= 0.3 is 5.97 Å². The van der Waals surface area contributed by atoms with Gasteiger partial charge in [0.15, 0.2) is 6.10 Å². The number of aromatic hydroxyl groups is 1. The molecule has 1 N–H and O–H groups in total. The van der Waals surface area contributed by atoms with Crippen LogP contribution in [0.4, 0.5) is 4.39 Å². The van der Waals surface area contributed by atoms with E-state index in [9.17, 15) is 14.3 Å². The Kier molecular flexibility index (Phi) is 4.47. The van der Waals surface area contributed by atoms with Crippen LogP contribution in [0.25, 0.3) is 11.5 Å². The molecule has 0 amide bonds. The highest BCUT2D eigenvalue weighted by molar-refractivity contribution is 5.92. The highest BCUT2D eigenvalue weighted by Crippen LogP contribution is 2.25. The number of aryl methyl sites for hydroxylation is 1. The van der Waals surface area contributed by atoms with Crippen molar-refractivity contribution in [3.63, 3.8) is 0 Å². The highest BCUT2D eigenvalue weighted by Gasteiger charge is 2.21. The monoisotopic (exact) mass is 342 g/mol. The van der Waals surface area contributed by atoms with E-state index in [1.165, 1.54) is 36.4 Å². The standard InChI is InChI=1S/C18H15FN2O4/c1-10-3-8-15(22)14(9-10)18(23)24-11(2)16-20-21-17(25-16)12-4-6-13(19)7-5-12/h3-9,11,22H,1-2H3/t11-/m1/s1. The van der Waals surface area contributed by atoms with Gasteiger partial charge in [-0.25, -0.2) is 9.18 Å². The van der Waals surface area contributed by atoms with E-state index < -0.39 is 12.1 Å². The van der Waals surface area contributed by atoms with Crippen LogP contribution < -0.4 is 0 Å². The average Bonchev–Trinajstić information content (AvgIpc) is 3.07. The molecule has 0 saturated heterocycles. The van der Waals surface area contributed by atoms with Crippen molar-refractivity contribution in [2.45, 2.75) is 20.0 Å². The van der Waals surface area contributed by atoms with E-state index in [2.05, 4.69) is 10.2 Å². The number of hydrogen-bond donors (Lipinski definition) is 1. The maximum Gasteiger partial charge on any atom is 0.342 e. The van der Waals surface area contributed by atoms with E-state index >= 15 is 0 Å². The highest BCUT2D eigenvalue weighted by atomic mass is 19.1. The first kappa shape index (κ1) is 16.6. The molecule has 0 saturated carbocycles. The number of rotatable bonds is 4. The number of halogens is 1. The lowest BCUT2D eigenvalue weighted by atomic mass is 10.1. The molecule has 3 rings (SSSR count). The largest absolute Gasteiger partial charge is 0.507 e. The maximum atomic E-state index is 13.0. The zero-order chi connectivity index (χ0) is 18.0. The van der Waals surface area contributed by atoms with Crippen LogP contribution >= 0.6 is 0 Å². The Morgan fingerprint density at radius 3 is 2.64 bits per heavy atom. The molecular weight excluding hydrogens is 327 g/mol. The third-order valence-electron chi connectivity index (χ3n) is 3.54. The molecule has 25 heavy (non-hydrogen) atoms. The molecule has 0 aliphatic rings. The molecule has 0 unspecified atom stereocenters. The number of ether oxygens (including phenoxy) is 1. The molecule has 128 valence electrons. The van der Waals surface area contributed by atoms with Crippen LogP contribution in [0.5, 0.6) is 5.75 Å². The second-order valence-corrected chi connectivity index (χ2v) is 5.52. The van der Waals surface area contributed by atoms with Crippen molar-refractivity contribution >= 4 is 5.97 Å². The summed E-state index contributed by atoms with van der Waals surface area (Å²) in [5.41, 5.74) is 1.42. The van der Waals surface area contributed by atoms with Crippen LogP contribution in [0.15, 0.2) is 46.9 Å². The molecule has 0 aliphatic heterocycles. The fourth-order valence-corrected chi connectivity index (χ4v) is 2.20. The van der Waals surface area contributed by atoms with E-state index in [-0.39, 0.29) is 28.9 Å². The zero-order valence-corrected chi connectivity index (χ0v) is 13.6. The predicted molar refractivity (Wildman–Crippen MR) is 86.4 cm³/mol. The van der Waals surface area contributed by atoms with Gasteiger partial charge in [0.25, 0.3) is 5.89 Å². The van der Waals surface area contributed by atoms with Gasteiger partial charge in [0.2, 0.25) is 5.89 Å². The Morgan fingerprint density at radius 1 is 1.20 bits per heavy atom. The van der Waals surface area contributed by atoms with Gasteiger partial charge in [-0.15, -0.1) is 10.2 Å². The minimum atomic E-state index is -0.811. The molecule has 0 bridgehead atoms. The summed E-state index contributed by atoms with van der Waals surface area (Å²) >= 11 is 0. The third-order valence-corrected chi connectivity index (χ3v) is 3.54. The smallest absolute Gasteiger partial charge is 0.342 e. The van der Waals surface area contributed by atoms with Crippen molar-refractivity contribution in [3.8, 4) is 17.2 Å². The second-order valence-electron chi connectivity index (χ2n) is 5.52. The quantitative estimate of drug-likeness (QED) is 0.726. The molecule has 0 fully saturated rings. The van der Waals surface area contributed by atoms with E-state index in [4.69, 9.17) is 9.15 Å². The van der Waals surface area contributed by atoms with Gasteiger partial charge < -0.3 is 14.3 Å². The van der Waals surface area contributed by atoms with Crippen LogP contribution in [0.1, 0.15) is 34.8 Å². The lowest BCUT2D eigenvalue weighted by molar-refractivity contribution is 0.0276. The summed E-state index contributed by atoms with van der Waals surface area (Å²) in [5, 5.41) is 17.5. The number of carbonyl (C=O) groups is 1. The van der Waals surface area contributed by atoms with Gasteiger partial charge in [-0.1, -0.05) is 11.6 Å². The number of hydrogen-bond acceptors (Lipinski definition) is 6. The topological polar surface area (TPSA) is 85.5 Å². The van der Waals surface area contributed by atoms with Gasteiger partial charge in [0, 0.05) is 5.56 Å². The van der Waals surface area contributed by atoms with Crippen molar-refractivity contribution in [1.82, 2.24) is 10.2 Å². The number of nitrogens with zero attached hydrogens (tertiary/aromatic N) is 2. The lowest BCUT2D eigenvalue weighted by Crippen LogP contribution is -2.10. The second kappa shape index (κ2) is 6.72. The van der Waals surface area contributed by atoms with Crippen molar-refractivity contribution in [3.05, 3.63) is 65.3 Å². The third kappa shape index (κ3) is 3.65. The number of esters is 1. The molecule has 1 heterocycles. The van der Waals surface area contributed by atoms with Crippen LogP contribution in [0, 0.1) is 12.7 Å². The molecule has 7 heteroatoms. The first-order valence-corrected chi connectivity index (χ1v) is 7.54. The minimum Gasteiger partial charge on any atom is -0.507 e. The molecule has 0 radical (unpaired) electrons. The molecule has 1 aromatic heterocycles. The fraction of sp³-hybridized carbons (Fsp3) is 0.167. The van der Waals surface area contributed by atoms with E-state index in [1.54, 1.807) is 19.9 Å². The summed E-state index contributed by atoms with van der Waals surface area (Å²) in [6.45, 7) is 3.37. The predicted octanol–water partition coefficient (Wildman–Crippen LogP) is 3.81.